The van der Waals surface area contributed by atoms with Gasteiger partial charge in [-0.2, -0.15) is 13.2 Å². The Labute approximate surface area is 155 Å². The normalized spacial score (nSPS) is 12.4. The summed E-state index contributed by atoms with van der Waals surface area (Å²) in [5.74, 6) is 0.727. The van der Waals surface area contributed by atoms with Crippen molar-refractivity contribution in [1.29, 1.82) is 0 Å². The van der Waals surface area contributed by atoms with Crippen LogP contribution in [-0.2, 0) is 16.0 Å². The van der Waals surface area contributed by atoms with Crippen molar-refractivity contribution < 1.29 is 21.6 Å². The second-order valence-corrected chi connectivity index (χ2v) is 8.37. The van der Waals surface area contributed by atoms with Crippen molar-refractivity contribution in [3.8, 4) is 0 Å². The van der Waals surface area contributed by atoms with Gasteiger partial charge in [0.1, 0.15) is 0 Å². The van der Waals surface area contributed by atoms with E-state index >= 15 is 0 Å². The Hall–Kier alpha value is -1.99. The van der Waals surface area contributed by atoms with Gasteiger partial charge in [0.05, 0.1) is 10.5 Å². The van der Waals surface area contributed by atoms with Crippen molar-refractivity contribution in [2.24, 2.45) is 0 Å². The van der Waals surface area contributed by atoms with Gasteiger partial charge in [-0.3, -0.25) is 0 Å². The first-order valence-corrected chi connectivity index (χ1v) is 10.2. The zero-order valence-electron chi connectivity index (χ0n) is 13.7. The number of sulfone groups is 1. The molecule has 138 valence electrons. The molecule has 0 spiro atoms. The summed E-state index contributed by atoms with van der Waals surface area (Å²) in [6, 6.07) is 12.7. The fraction of sp³-hybridized carbons (Fsp3) is 0.158. The highest BCUT2D eigenvalue weighted by Crippen LogP contribution is 2.34. The van der Waals surface area contributed by atoms with Crippen LogP contribution in [0.5, 0.6) is 0 Å². The highest BCUT2D eigenvalue weighted by Gasteiger charge is 2.33. The highest BCUT2D eigenvalue weighted by atomic mass is 32.2. The van der Waals surface area contributed by atoms with E-state index < -0.39 is 26.5 Å². The summed E-state index contributed by atoms with van der Waals surface area (Å²) in [7, 11) is -3.92. The minimum absolute atomic E-state index is 0.0646. The first kappa shape index (κ1) is 20.3. The smallest absolute Gasteiger partial charge is 0.219 e. The van der Waals surface area contributed by atoms with Crippen LogP contribution in [0.4, 0.5) is 13.2 Å². The third kappa shape index (κ3) is 5.51. The number of hydrogen-bond donors (Lipinski definition) is 0. The maximum absolute atomic E-state index is 13.3. The maximum Gasteiger partial charge on any atom is 0.417 e. The predicted molar refractivity (Wildman–Crippen MR) is 99.6 cm³/mol. The van der Waals surface area contributed by atoms with Gasteiger partial charge >= 0.3 is 6.18 Å². The third-order valence-corrected chi connectivity index (χ3v) is 5.87. The summed E-state index contributed by atoms with van der Waals surface area (Å²) < 4.78 is 63.2. The molecule has 26 heavy (non-hydrogen) atoms. The van der Waals surface area contributed by atoms with Crippen LogP contribution in [-0.4, -0.2) is 14.2 Å². The lowest BCUT2D eigenvalue weighted by atomic mass is 10.1. The molecule has 0 heterocycles. The maximum atomic E-state index is 13.3. The van der Waals surface area contributed by atoms with Gasteiger partial charge in [-0.15, -0.1) is 11.8 Å². The molecule has 0 aromatic heterocycles. The van der Waals surface area contributed by atoms with Crippen LogP contribution < -0.4 is 0 Å². The molecule has 0 fully saturated rings. The average Bonchev–Trinajstić information content (AvgIpc) is 2.61. The SMILES string of the molecule is C=CS(=O)(=O)c1ccc(/C=C/CCSc2ccccc2)c(C(F)(F)F)c1. The first-order valence-electron chi connectivity index (χ1n) is 7.67. The molecule has 0 saturated carbocycles. The molecule has 0 aliphatic rings. The van der Waals surface area contributed by atoms with E-state index in [4.69, 9.17) is 0 Å². The fourth-order valence-corrected chi connectivity index (χ4v) is 3.74. The summed E-state index contributed by atoms with van der Waals surface area (Å²) in [4.78, 5) is 0.674. The fourth-order valence-electron chi connectivity index (χ4n) is 2.17. The Morgan fingerprint density at radius 1 is 1.08 bits per heavy atom. The van der Waals surface area contributed by atoms with Crippen LogP contribution in [0.25, 0.3) is 6.08 Å². The van der Waals surface area contributed by atoms with Crippen molar-refractivity contribution in [3.63, 3.8) is 0 Å². The standard InChI is InChI=1S/C19H17F3O2S2/c1-2-26(23,24)17-12-11-15(18(14-17)19(20,21)22)8-6-7-13-25-16-9-4-3-5-10-16/h2-6,8-12,14H,1,7,13H2/b8-6+. The van der Waals surface area contributed by atoms with E-state index in [9.17, 15) is 21.6 Å². The summed E-state index contributed by atoms with van der Waals surface area (Å²) >= 11 is 1.61. The first-order chi connectivity index (χ1) is 12.2. The molecule has 0 radical (unpaired) electrons. The van der Waals surface area contributed by atoms with E-state index in [-0.39, 0.29) is 5.56 Å². The van der Waals surface area contributed by atoms with Gasteiger partial charge in [0, 0.05) is 16.1 Å². The molecular weight excluding hydrogens is 381 g/mol. The Morgan fingerprint density at radius 3 is 2.38 bits per heavy atom. The largest absolute Gasteiger partial charge is 0.417 e. The molecule has 2 aromatic carbocycles. The average molecular weight is 398 g/mol. The topological polar surface area (TPSA) is 34.1 Å². The molecule has 0 amide bonds. The molecule has 0 saturated heterocycles. The molecular formula is C19H17F3O2S2. The summed E-state index contributed by atoms with van der Waals surface area (Å²) in [5.41, 5.74) is -1.04. The summed E-state index contributed by atoms with van der Waals surface area (Å²) in [5, 5.41) is 0.638. The lowest BCUT2D eigenvalue weighted by molar-refractivity contribution is -0.137. The van der Waals surface area contributed by atoms with Crippen LogP contribution in [0.3, 0.4) is 0 Å². The van der Waals surface area contributed by atoms with Crippen LogP contribution in [0.15, 0.2) is 76.4 Å². The number of hydrogen-bond acceptors (Lipinski definition) is 3. The molecule has 2 aromatic rings. The monoisotopic (exact) mass is 398 g/mol. The second-order valence-electron chi connectivity index (χ2n) is 5.31. The van der Waals surface area contributed by atoms with Gasteiger partial charge in [0.2, 0.25) is 0 Å². The van der Waals surface area contributed by atoms with Crippen LogP contribution in [0.1, 0.15) is 17.5 Å². The van der Waals surface area contributed by atoms with Gasteiger partial charge < -0.3 is 0 Å². The van der Waals surface area contributed by atoms with Crippen molar-refractivity contribution in [3.05, 3.63) is 77.7 Å². The number of allylic oxidation sites excluding steroid dienone is 1. The molecule has 0 atom stereocenters. The minimum Gasteiger partial charge on any atom is -0.219 e. The highest BCUT2D eigenvalue weighted by molar-refractivity contribution is 7.99. The van der Waals surface area contributed by atoms with E-state index in [0.717, 1.165) is 16.7 Å². The van der Waals surface area contributed by atoms with Gasteiger partial charge in [0.25, 0.3) is 0 Å². The van der Waals surface area contributed by atoms with E-state index in [0.29, 0.717) is 17.9 Å². The van der Waals surface area contributed by atoms with Crippen molar-refractivity contribution >= 4 is 27.7 Å². The molecule has 0 N–H and O–H groups in total. The van der Waals surface area contributed by atoms with Crippen LogP contribution in [0, 0.1) is 0 Å². The van der Waals surface area contributed by atoms with Gasteiger partial charge in [-0.05, 0) is 36.2 Å². The number of alkyl halides is 3. The molecule has 0 unspecified atom stereocenters. The van der Waals surface area contributed by atoms with Crippen LogP contribution >= 0.6 is 11.8 Å². The zero-order chi connectivity index (χ0) is 19.2. The van der Waals surface area contributed by atoms with Crippen LogP contribution in [0.2, 0.25) is 0 Å². The summed E-state index contributed by atoms with van der Waals surface area (Å²) in [6.07, 6.45) is -1.03. The number of thioether (sulfide) groups is 1. The molecule has 2 rings (SSSR count). The van der Waals surface area contributed by atoms with Gasteiger partial charge in [0.15, 0.2) is 9.84 Å². The second kappa shape index (κ2) is 8.60. The molecule has 2 nitrogen and oxygen atoms in total. The molecule has 0 aliphatic heterocycles. The third-order valence-electron chi connectivity index (χ3n) is 3.47. The lowest BCUT2D eigenvalue weighted by Gasteiger charge is -2.12. The predicted octanol–water partition coefficient (Wildman–Crippen LogP) is 5.82. The van der Waals surface area contributed by atoms with E-state index in [1.165, 1.54) is 12.1 Å². The van der Waals surface area contributed by atoms with E-state index in [1.54, 1.807) is 17.8 Å². The Morgan fingerprint density at radius 2 is 1.77 bits per heavy atom. The summed E-state index contributed by atoms with van der Waals surface area (Å²) in [6.45, 7) is 3.13. The van der Waals surface area contributed by atoms with Gasteiger partial charge in [-0.1, -0.05) is 43.0 Å². The van der Waals surface area contributed by atoms with Crippen molar-refractivity contribution in [2.45, 2.75) is 22.4 Å². The molecule has 7 heteroatoms. The minimum atomic E-state index is -4.65. The number of benzene rings is 2. The Bertz CT molecular complexity index is 887. The lowest BCUT2D eigenvalue weighted by Crippen LogP contribution is -2.09. The van der Waals surface area contributed by atoms with E-state index in [1.807, 2.05) is 30.3 Å². The quantitative estimate of drug-likeness (QED) is 0.435. The molecule has 0 bridgehead atoms. The van der Waals surface area contributed by atoms with Crippen molar-refractivity contribution in [2.75, 3.05) is 5.75 Å². The van der Waals surface area contributed by atoms with Gasteiger partial charge in [-0.25, -0.2) is 8.42 Å². The zero-order valence-corrected chi connectivity index (χ0v) is 15.4. The number of rotatable bonds is 7. The van der Waals surface area contributed by atoms with Crippen molar-refractivity contribution in [1.82, 2.24) is 0 Å². The molecule has 0 aliphatic carbocycles. The van der Waals surface area contributed by atoms with E-state index in [2.05, 4.69) is 6.58 Å². The Kier molecular flexibility index (Phi) is 6.72. The Balaban J connectivity index is 2.14. The number of halogens is 3.